The van der Waals surface area contributed by atoms with Crippen molar-refractivity contribution in [3.63, 3.8) is 0 Å². The summed E-state index contributed by atoms with van der Waals surface area (Å²) in [7, 11) is 0. The number of ketones is 1. The molecule has 0 unspecified atom stereocenters. The lowest BCUT2D eigenvalue weighted by Crippen LogP contribution is -2.12. The van der Waals surface area contributed by atoms with Crippen molar-refractivity contribution >= 4 is 28.2 Å². The van der Waals surface area contributed by atoms with Gasteiger partial charge in [-0.2, -0.15) is 0 Å². The Hall–Kier alpha value is -2.36. The summed E-state index contributed by atoms with van der Waals surface area (Å²) >= 11 is 0. The summed E-state index contributed by atoms with van der Waals surface area (Å²) in [5.74, 6) is -0.0630. The van der Waals surface area contributed by atoms with E-state index in [2.05, 4.69) is 0 Å². The number of nitrogens with zero attached hydrogens (tertiary/aromatic N) is 1. The molecule has 4 nitrogen and oxygen atoms in total. The number of hydrogen-bond donors (Lipinski definition) is 0. The van der Waals surface area contributed by atoms with Crippen molar-refractivity contribution in [2.75, 3.05) is 6.61 Å². The molecule has 1 aliphatic rings. The first-order chi connectivity index (χ1) is 10.7. The van der Waals surface area contributed by atoms with Crippen LogP contribution in [0.25, 0.3) is 16.5 Å². The van der Waals surface area contributed by atoms with Gasteiger partial charge in [-0.15, -0.1) is 0 Å². The maximum absolute atomic E-state index is 11.8. The van der Waals surface area contributed by atoms with Crippen LogP contribution in [0.15, 0.2) is 36.5 Å². The molecule has 1 aromatic heterocycles. The number of hydrogen-bond acceptors (Lipinski definition) is 3. The van der Waals surface area contributed by atoms with E-state index in [-0.39, 0.29) is 18.3 Å². The lowest BCUT2D eigenvalue weighted by Gasteiger charge is -2.11. The van der Waals surface area contributed by atoms with Gasteiger partial charge in [-0.3, -0.25) is 9.59 Å². The third-order valence-corrected chi connectivity index (χ3v) is 3.94. The molecular formula is C18H19NO3. The highest BCUT2D eigenvalue weighted by Gasteiger charge is 2.17. The zero-order chi connectivity index (χ0) is 15.5. The minimum Gasteiger partial charge on any atom is -0.465 e. The molecule has 0 spiro atoms. The van der Waals surface area contributed by atoms with Crippen LogP contribution in [-0.4, -0.2) is 22.9 Å². The topological polar surface area (TPSA) is 48.3 Å². The quantitative estimate of drug-likeness (QED) is 0.813. The number of esters is 1. The predicted octanol–water partition coefficient (Wildman–Crippen LogP) is 3.34. The van der Waals surface area contributed by atoms with E-state index in [0.29, 0.717) is 13.0 Å². The normalized spacial score (nSPS) is 15.0. The van der Waals surface area contributed by atoms with Crippen LogP contribution in [0.2, 0.25) is 0 Å². The van der Waals surface area contributed by atoms with Crippen molar-refractivity contribution in [1.82, 2.24) is 4.57 Å². The molecule has 4 heteroatoms. The lowest BCUT2D eigenvalue weighted by atomic mass is 9.93. The van der Waals surface area contributed by atoms with Gasteiger partial charge in [-0.25, -0.2) is 0 Å². The largest absolute Gasteiger partial charge is 0.465 e. The van der Waals surface area contributed by atoms with E-state index < -0.39 is 0 Å². The average molecular weight is 297 g/mol. The van der Waals surface area contributed by atoms with Gasteiger partial charge in [0, 0.05) is 29.1 Å². The molecule has 0 N–H and O–H groups in total. The van der Waals surface area contributed by atoms with Gasteiger partial charge >= 0.3 is 5.97 Å². The van der Waals surface area contributed by atoms with Crippen LogP contribution >= 0.6 is 0 Å². The molecule has 0 saturated heterocycles. The Morgan fingerprint density at radius 1 is 1.27 bits per heavy atom. The van der Waals surface area contributed by atoms with Gasteiger partial charge < -0.3 is 9.30 Å². The number of aromatic nitrogens is 1. The fourth-order valence-corrected chi connectivity index (χ4v) is 2.98. The number of carbonyl (C=O) groups excluding carboxylic acids is 2. The zero-order valence-corrected chi connectivity index (χ0v) is 12.7. The molecule has 3 rings (SSSR count). The summed E-state index contributed by atoms with van der Waals surface area (Å²) in [5, 5.41) is 1.08. The van der Waals surface area contributed by atoms with E-state index in [1.165, 1.54) is 0 Å². The maximum Gasteiger partial charge on any atom is 0.325 e. The Balaban J connectivity index is 2.04. The fraction of sp³-hybridized carbons (Fsp3) is 0.333. The number of fused-ring (bicyclic) bond motifs is 1. The van der Waals surface area contributed by atoms with Gasteiger partial charge in [0.05, 0.1) is 6.61 Å². The fourth-order valence-electron chi connectivity index (χ4n) is 2.98. The Kier molecular flexibility index (Phi) is 4.09. The first-order valence-corrected chi connectivity index (χ1v) is 7.66. The predicted molar refractivity (Wildman–Crippen MR) is 85.4 cm³/mol. The lowest BCUT2D eigenvalue weighted by molar-refractivity contribution is -0.143. The van der Waals surface area contributed by atoms with Crippen LogP contribution in [0.3, 0.4) is 0 Å². The summed E-state index contributed by atoms with van der Waals surface area (Å²) in [6.07, 6.45) is 6.14. The van der Waals surface area contributed by atoms with Gasteiger partial charge in [0.1, 0.15) is 6.54 Å². The van der Waals surface area contributed by atoms with E-state index in [4.69, 9.17) is 4.74 Å². The molecule has 0 saturated carbocycles. The molecule has 0 bridgehead atoms. The first kappa shape index (κ1) is 14.6. The SMILES string of the molecule is CCOC(=O)Cn1cc(C2=CC(=O)CCC2)c2ccccc21. The molecule has 0 atom stereocenters. The number of para-hydroxylation sites is 1. The summed E-state index contributed by atoms with van der Waals surface area (Å²) < 4.78 is 6.94. The minimum absolute atomic E-state index is 0.184. The Bertz CT molecular complexity index is 755. The van der Waals surface area contributed by atoms with Crippen molar-refractivity contribution in [2.45, 2.75) is 32.7 Å². The monoisotopic (exact) mass is 297 g/mol. The van der Waals surface area contributed by atoms with Gasteiger partial charge in [-0.05, 0) is 37.5 Å². The van der Waals surface area contributed by atoms with Crippen LogP contribution in [0.1, 0.15) is 31.7 Å². The van der Waals surface area contributed by atoms with E-state index in [9.17, 15) is 9.59 Å². The highest BCUT2D eigenvalue weighted by Crippen LogP contribution is 2.32. The van der Waals surface area contributed by atoms with Crippen molar-refractivity contribution in [3.05, 3.63) is 42.1 Å². The van der Waals surface area contributed by atoms with E-state index >= 15 is 0 Å². The van der Waals surface area contributed by atoms with Gasteiger partial charge in [-0.1, -0.05) is 18.2 Å². The third-order valence-electron chi connectivity index (χ3n) is 3.94. The van der Waals surface area contributed by atoms with Crippen LogP contribution in [-0.2, 0) is 20.9 Å². The number of allylic oxidation sites excluding steroid dienone is 2. The molecule has 0 fully saturated rings. The van der Waals surface area contributed by atoms with Gasteiger partial charge in [0.2, 0.25) is 0 Å². The van der Waals surface area contributed by atoms with E-state index in [1.807, 2.05) is 35.0 Å². The second kappa shape index (κ2) is 6.18. The third kappa shape index (κ3) is 2.82. The van der Waals surface area contributed by atoms with Crippen LogP contribution in [0, 0.1) is 0 Å². The number of rotatable bonds is 4. The second-order valence-electron chi connectivity index (χ2n) is 5.48. The van der Waals surface area contributed by atoms with Gasteiger partial charge in [0.15, 0.2) is 5.78 Å². The molecule has 2 aromatic rings. The highest BCUT2D eigenvalue weighted by molar-refractivity contribution is 6.03. The van der Waals surface area contributed by atoms with Crippen molar-refractivity contribution < 1.29 is 14.3 Å². The molecule has 114 valence electrons. The molecule has 1 heterocycles. The van der Waals surface area contributed by atoms with Crippen molar-refractivity contribution in [3.8, 4) is 0 Å². The Morgan fingerprint density at radius 3 is 2.86 bits per heavy atom. The van der Waals surface area contributed by atoms with Crippen LogP contribution < -0.4 is 0 Å². The molecule has 1 aromatic carbocycles. The number of ether oxygens (including phenoxy) is 1. The number of carbonyl (C=O) groups is 2. The molecular weight excluding hydrogens is 278 g/mol. The minimum atomic E-state index is -0.247. The van der Waals surface area contributed by atoms with E-state index in [1.54, 1.807) is 13.0 Å². The maximum atomic E-state index is 11.8. The van der Waals surface area contributed by atoms with Crippen molar-refractivity contribution in [2.24, 2.45) is 0 Å². The zero-order valence-electron chi connectivity index (χ0n) is 12.7. The highest BCUT2D eigenvalue weighted by atomic mass is 16.5. The average Bonchev–Trinajstić information content (AvgIpc) is 2.87. The van der Waals surface area contributed by atoms with Gasteiger partial charge in [0.25, 0.3) is 0 Å². The summed E-state index contributed by atoms with van der Waals surface area (Å²) in [4.78, 5) is 23.5. The summed E-state index contributed by atoms with van der Waals surface area (Å²) in [6, 6.07) is 7.95. The van der Waals surface area contributed by atoms with Crippen LogP contribution in [0.4, 0.5) is 0 Å². The molecule has 1 aliphatic carbocycles. The molecule has 0 aliphatic heterocycles. The summed E-state index contributed by atoms with van der Waals surface area (Å²) in [6.45, 7) is 2.37. The molecule has 0 amide bonds. The van der Waals surface area contributed by atoms with Crippen LogP contribution in [0.5, 0.6) is 0 Å². The summed E-state index contributed by atoms with van der Waals surface area (Å²) in [5.41, 5.74) is 3.10. The van der Waals surface area contributed by atoms with E-state index in [0.717, 1.165) is 34.9 Å². The second-order valence-corrected chi connectivity index (χ2v) is 5.48. The number of benzene rings is 1. The Morgan fingerprint density at radius 2 is 2.09 bits per heavy atom. The smallest absolute Gasteiger partial charge is 0.325 e. The standard InChI is InChI=1S/C18H19NO3/c1-2-22-18(21)12-19-11-16(13-6-5-7-14(20)10-13)15-8-3-4-9-17(15)19/h3-4,8-11H,2,5-7,12H2,1H3. The molecule has 0 radical (unpaired) electrons. The Labute approximate surface area is 129 Å². The first-order valence-electron chi connectivity index (χ1n) is 7.66. The molecule has 22 heavy (non-hydrogen) atoms. The van der Waals surface area contributed by atoms with Crippen molar-refractivity contribution in [1.29, 1.82) is 0 Å².